The zero-order valence-corrected chi connectivity index (χ0v) is 25.9. The molecule has 0 saturated carbocycles. The summed E-state index contributed by atoms with van der Waals surface area (Å²) in [5.41, 5.74) is 11.1. The molecule has 2 aromatic heterocycles. The second-order valence-electron chi connectivity index (χ2n) is 11.5. The van der Waals surface area contributed by atoms with Gasteiger partial charge >= 0.3 is 0 Å². The monoisotopic (exact) mass is 584 g/mol. The number of benzene rings is 3. The highest BCUT2D eigenvalue weighted by Crippen LogP contribution is 2.52. The average Bonchev–Trinajstić information content (AvgIpc) is 3.57. The third-order valence-corrected chi connectivity index (χ3v) is 8.77. The van der Waals surface area contributed by atoms with E-state index in [4.69, 9.17) is 9.97 Å². The molecular weight excluding hydrogens is 548 g/mol. The van der Waals surface area contributed by atoms with Gasteiger partial charge in [-0.05, 0) is 67.8 Å². The van der Waals surface area contributed by atoms with Crippen molar-refractivity contribution < 1.29 is 0 Å². The lowest BCUT2D eigenvalue weighted by molar-refractivity contribution is 0.745. The van der Waals surface area contributed by atoms with Crippen molar-refractivity contribution in [3.8, 4) is 17.2 Å². The normalized spacial score (nSPS) is 17.5. The molecule has 3 heterocycles. The van der Waals surface area contributed by atoms with Crippen molar-refractivity contribution in [3.05, 3.63) is 163 Å². The number of fused-ring (bicyclic) bond motifs is 5. The maximum absolute atomic E-state index is 5.22. The van der Waals surface area contributed by atoms with Gasteiger partial charge in [0.2, 0.25) is 5.95 Å². The molecule has 4 nitrogen and oxygen atoms in total. The fraction of sp³-hybridized carbons (Fsp3) is 0.122. The first-order valence-corrected chi connectivity index (χ1v) is 15.5. The quantitative estimate of drug-likeness (QED) is 0.179. The molecule has 7 rings (SSSR count). The molecule has 0 radical (unpaired) electrons. The Balaban J connectivity index is 1.53. The van der Waals surface area contributed by atoms with Crippen LogP contribution >= 0.6 is 0 Å². The van der Waals surface area contributed by atoms with E-state index in [2.05, 4.69) is 152 Å². The molecule has 1 aliphatic carbocycles. The highest BCUT2D eigenvalue weighted by atomic mass is 15.2. The van der Waals surface area contributed by atoms with Crippen LogP contribution in [0.4, 0.5) is 11.4 Å². The smallest absolute Gasteiger partial charge is 0.235 e. The Morgan fingerprint density at radius 1 is 0.889 bits per heavy atom. The van der Waals surface area contributed by atoms with Crippen LogP contribution in [0, 0.1) is 6.92 Å². The average molecular weight is 585 g/mol. The fourth-order valence-corrected chi connectivity index (χ4v) is 6.71. The van der Waals surface area contributed by atoms with E-state index in [1.807, 2.05) is 18.2 Å². The largest absolute Gasteiger partial charge is 0.333 e. The Kier molecular flexibility index (Phi) is 7.48. The van der Waals surface area contributed by atoms with Crippen LogP contribution < -0.4 is 4.90 Å². The van der Waals surface area contributed by atoms with E-state index < -0.39 is 0 Å². The lowest BCUT2D eigenvalue weighted by Crippen LogP contribution is -2.28. The van der Waals surface area contributed by atoms with Gasteiger partial charge in [-0.25, -0.2) is 9.97 Å². The maximum Gasteiger partial charge on any atom is 0.235 e. The molecule has 2 aliphatic rings. The molecule has 2 unspecified atom stereocenters. The van der Waals surface area contributed by atoms with Crippen molar-refractivity contribution in [2.75, 3.05) is 4.90 Å². The summed E-state index contributed by atoms with van der Waals surface area (Å²) in [5, 5.41) is 1.23. The predicted octanol–water partition coefficient (Wildman–Crippen LogP) is 10.3. The number of aromatic nitrogens is 3. The Labute approximate surface area is 265 Å². The molecule has 2 atom stereocenters. The summed E-state index contributed by atoms with van der Waals surface area (Å²) in [6.45, 7) is 10.2. The Bertz CT molecular complexity index is 2060. The van der Waals surface area contributed by atoms with E-state index in [1.165, 1.54) is 27.9 Å². The molecule has 45 heavy (non-hydrogen) atoms. The van der Waals surface area contributed by atoms with E-state index in [-0.39, 0.29) is 12.0 Å². The molecule has 1 aliphatic heterocycles. The van der Waals surface area contributed by atoms with Crippen LogP contribution in [0.25, 0.3) is 39.8 Å². The molecule has 0 fully saturated rings. The van der Waals surface area contributed by atoms with E-state index in [0.29, 0.717) is 5.95 Å². The van der Waals surface area contributed by atoms with E-state index in [1.54, 1.807) is 6.08 Å². The summed E-state index contributed by atoms with van der Waals surface area (Å²) in [5.74, 6) is 0.933. The lowest BCUT2D eigenvalue weighted by Gasteiger charge is -2.29. The minimum absolute atomic E-state index is 0.214. The maximum atomic E-state index is 5.22. The van der Waals surface area contributed by atoms with Gasteiger partial charge in [-0.2, -0.15) is 0 Å². The topological polar surface area (TPSA) is 34.0 Å². The fourth-order valence-electron chi connectivity index (χ4n) is 6.71. The Hall–Kier alpha value is -5.48. The number of hydrogen-bond donors (Lipinski definition) is 0. The second-order valence-corrected chi connectivity index (χ2v) is 11.5. The second kappa shape index (κ2) is 11.9. The van der Waals surface area contributed by atoms with Gasteiger partial charge in [0, 0.05) is 22.6 Å². The summed E-state index contributed by atoms with van der Waals surface area (Å²) in [6, 6.07) is 28.0. The van der Waals surface area contributed by atoms with Gasteiger partial charge in [0.05, 0.1) is 34.3 Å². The number of anilines is 2. The van der Waals surface area contributed by atoms with Crippen LogP contribution in [-0.4, -0.2) is 20.6 Å². The first-order chi connectivity index (χ1) is 22.1. The molecular formula is C41H36N4. The predicted molar refractivity (Wildman–Crippen MR) is 190 cm³/mol. The first kappa shape index (κ1) is 28.3. The van der Waals surface area contributed by atoms with Gasteiger partial charge in [-0.1, -0.05) is 116 Å². The molecule has 0 bridgehead atoms. The zero-order valence-electron chi connectivity index (χ0n) is 25.9. The number of nitrogens with zero attached hydrogens (tertiary/aromatic N) is 4. The highest BCUT2D eigenvalue weighted by molar-refractivity contribution is 6.04. The molecule has 220 valence electrons. The highest BCUT2D eigenvalue weighted by Gasteiger charge is 2.39. The SMILES string of the molecule is C=C/C=C\C=C(/C)c1cc(-c2ccccc2)nc(-n2c(/C=C\C)c(C)c3c4c(ccc32)C2C=CC=CC2N4c2ccccc2)n1. The van der Waals surface area contributed by atoms with Crippen LogP contribution in [-0.2, 0) is 0 Å². The van der Waals surface area contributed by atoms with Crippen molar-refractivity contribution in [1.29, 1.82) is 0 Å². The molecule has 5 aromatic rings. The van der Waals surface area contributed by atoms with Gasteiger partial charge in [0.1, 0.15) is 0 Å². The molecule has 3 aromatic carbocycles. The summed E-state index contributed by atoms with van der Waals surface area (Å²) >= 11 is 0. The number of para-hydroxylation sites is 1. The van der Waals surface area contributed by atoms with Crippen molar-refractivity contribution in [3.63, 3.8) is 0 Å². The molecule has 0 amide bonds. The summed E-state index contributed by atoms with van der Waals surface area (Å²) < 4.78 is 2.24. The van der Waals surface area contributed by atoms with Crippen molar-refractivity contribution in [2.24, 2.45) is 0 Å². The van der Waals surface area contributed by atoms with Gasteiger partial charge < -0.3 is 4.90 Å². The van der Waals surface area contributed by atoms with Crippen molar-refractivity contribution in [2.45, 2.75) is 32.7 Å². The number of aryl methyl sites for hydroxylation is 1. The Morgan fingerprint density at radius 2 is 1.64 bits per heavy atom. The third-order valence-electron chi connectivity index (χ3n) is 8.77. The first-order valence-electron chi connectivity index (χ1n) is 15.5. The molecule has 0 saturated heterocycles. The number of allylic oxidation sites excluding steroid dienone is 8. The lowest BCUT2D eigenvalue weighted by atomic mass is 9.91. The van der Waals surface area contributed by atoms with Gasteiger partial charge in [-0.15, -0.1) is 0 Å². The van der Waals surface area contributed by atoms with Crippen LogP contribution in [0.2, 0.25) is 0 Å². The van der Waals surface area contributed by atoms with E-state index in [9.17, 15) is 0 Å². The summed E-state index contributed by atoms with van der Waals surface area (Å²) in [7, 11) is 0. The summed E-state index contributed by atoms with van der Waals surface area (Å²) in [6.07, 6.45) is 21.1. The van der Waals surface area contributed by atoms with Gasteiger partial charge in [0.25, 0.3) is 0 Å². The summed E-state index contributed by atoms with van der Waals surface area (Å²) in [4.78, 5) is 13.0. The van der Waals surface area contributed by atoms with E-state index in [0.717, 1.165) is 33.7 Å². The van der Waals surface area contributed by atoms with Gasteiger partial charge in [-0.3, -0.25) is 4.57 Å². The minimum Gasteiger partial charge on any atom is -0.333 e. The Morgan fingerprint density at radius 3 is 2.40 bits per heavy atom. The van der Waals surface area contributed by atoms with Crippen molar-refractivity contribution >= 4 is 33.9 Å². The molecule has 0 spiro atoms. The van der Waals surface area contributed by atoms with Crippen LogP contribution in [0.15, 0.2) is 140 Å². The van der Waals surface area contributed by atoms with Crippen molar-refractivity contribution in [1.82, 2.24) is 14.5 Å². The van der Waals surface area contributed by atoms with Crippen LogP contribution in [0.5, 0.6) is 0 Å². The third kappa shape index (κ3) is 4.89. The molecule has 0 N–H and O–H groups in total. The van der Waals surface area contributed by atoms with Crippen LogP contribution in [0.3, 0.4) is 0 Å². The van der Waals surface area contributed by atoms with Crippen LogP contribution in [0.1, 0.15) is 42.3 Å². The molecule has 4 heteroatoms. The number of rotatable bonds is 7. The van der Waals surface area contributed by atoms with Gasteiger partial charge in [0.15, 0.2) is 0 Å². The van der Waals surface area contributed by atoms with E-state index >= 15 is 0 Å². The standard InChI is InChI=1S/C41H36N4/c1-5-7-10-18-28(3)34-27-35(30-19-11-8-12-20-30)43-41(42-34)45-36(17-6-2)29(4)39-38(45)26-25-33-32-23-15-16-24-37(32)44(40(33)39)31-21-13-9-14-22-31/h5-27,32,37H,1H2,2-4H3/b10-7-,17-6-,28-18+. The minimum atomic E-state index is 0.214. The zero-order chi connectivity index (χ0) is 30.9. The number of hydrogen-bond acceptors (Lipinski definition) is 3.